The summed E-state index contributed by atoms with van der Waals surface area (Å²) >= 11 is 0. The van der Waals surface area contributed by atoms with Gasteiger partial charge in [-0.05, 0) is 33.2 Å². The molecule has 6 nitrogen and oxygen atoms in total. The summed E-state index contributed by atoms with van der Waals surface area (Å²) in [5.74, 6) is 0.235. The molecule has 2 heterocycles. The van der Waals surface area contributed by atoms with Crippen LogP contribution in [0.5, 0.6) is 0 Å². The van der Waals surface area contributed by atoms with Gasteiger partial charge in [-0.25, -0.2) is 8.42 Å². The topological polar surface area (TPSA) is 78.5 Å². The summed E-state index contributed by atoms with van der Waals surface area (Å²) < 4.78 is 22.7. The fourth-order valence-electron chi connectivity index (χ4n) is 2.84. The Kier molecular flexibility index (Phi) is 4.71. The van der Waals surface area contributed by atoms with E-state index in [1.807, 2.05) is 7.05 Å². The van der Waals surface area contributed by atoms with Gasteiger partial charge in [0.1, 0.15) is 0 Å². The molecule has 0 aromatic heterocycles. The molecular weight excluding hydrogens is 278 g/mol. The van der Waals surface area contributed by atoms with Crippen molar-refractivity contribution in [2.75, 3.05) is 38.2 Å². The molecule has 1 atom stereocenters. The molecule has 2 fully saturated rings. The van der Waals surface area contributed by atoms with Crippen LogP contribution in [0.3, 0.4) is 0 Å². The molecule has 2 saturated heterocycles. The molecule has 1 unspecified atom stereocenters. The predicted molar refractivity (Wildman–Crippen MR) is 78.3 cm³/mol. The Morgan fingerprint density at radius 2 is 2.00 bits per heavy atom. The number of amides is 1. The van der Waals surface area contributed by atoms with Crippen LogP contribution in [0.2, 0.25) is 0 Å². The molecule has 0 radical (unpaired) electrons. The van der Waals surface area contributed by atoms with Gasteiger partial charge < -0.3 is 10.6 Å². The summed E-state index contributed by atoms with van der Waals surface area (Å²) in [6.45, 7) is 4.37. The summed E-state index contributed by atoms with van der Waals surface area (Å²) in [5.41, 5.74) is 0.173. The first-order valence-electron chi connectivity index (χ1n) is 7.23. The molecule has 116 valence electrons. The van der Waals surface area contributed by atoms with Crippen molar-refractivity contribution in [1.29, 1.82) is 0 Å². The van der Waals surface area contributed by atoms with Gasteiger partial charge in [0.25, 0.3) is 0 Å². The first-order valence-corrected chi connectivity index (χ1v) is 9.05. The predicted octanol–water partition coefficient (Wildman–Crippen LogP) is -0.636. The minimum absolute atomic E-state index is 0.0554. The maximum Gasteiger partial charge on any atom is 0.234 e. The lowest BCUT2D eigenvalue weighted by Crippen LogP contribution is -2.52. The van der Waals surface area contributed by atoms with Crippen molar-refractivity contribution in [3.8, 4) is 0 Å². The third-order valence-corrected chi connectivity index (χ3v) is 6.30. The number of piperidine rings is 1. The maximum atomic E-state index is 11.9. The summed E-state index contributed by atoms with van der Waals surface area (Å²) in [6, 6.07) is -0.195. The summed E-state index contributed by atoms with van der Waals surface area (Å²) in [6.07, 6.45) is 2.59. The molecule has 2 aliphatic rings. The fraction of sp³-hybridized carbons (Fsp3) is 0.923. The Labute approximate surface area is 121 Å². The second-order valence-electron chi connectivity index (χ2n) is 6.25. The third kappa shape index (κ3) is 4.17. The number of rotatable bonds is 4. The third-order valence-electron chi connectivity index (χ3n) is 4.53. The van der Waals surface area contributed by atoms with Crippen LogP contribution in [-0.4, -0.2) is 69.0 Å². The lowest BCUT2D eigenvalue weighted by Gasteiger charge is -2.39. The van der Waals surface area contributed by atoms with Crippen molar-refractivity contribution >= 4 is 15.7 Å². The lowest BCUT2D eigenvalue weighted by molar-refractivity contribution is -0.123. The van der Waals surface area contributed by atoms with E-state index in [1.54, 1.807) is 0 Å². The van der Waals surface area contributed by atoms with E-state index in [0.717, 1.165) is 25.9 Å². The van der Waals surface area contributed by atoms with Crippen LogP contribution >= 0.6 is 0 Å². The summed E-state index contributed by atoms with van der Waals surface area (Å²) in [7, 11) is -0.954. The largest absolute Gasteiger partial charge is 0.351 e. The minimum Gasteiger partial charge on any atom is -0.351 e. The molecule has 20 heavy (non-hydrogen) atoms. The number of carbonyl (C=O) groups is 1. The SMILES string of the molecule is CNC1(C)CCN(CC(=O)NC2CCS(=O)(=O)C2)CC1. The van der Waals surface area contributed by atoms with E-state index in [9.17, 15) is 13.2 Å². The van der Waals surface area contributed by atoms with Crippen molar-refractivity contribution in [1.82, 2.24) is 15.5 Å². The smallest absolute Gasteiger partial charge is 0.234 e. The zero-order chi connectivity index (χ0) is 14.8. The Morgan fingerprint density at radius 3 is 2.50 bits per heavy atom. The molecule has 2 rings (SSSR count). The van der Waals surface area contributed by atoms with Crippen LogP contribution in [0.4, 0.5) is 0 Å². The number of nitrogens with zero attached hydrogens (tertiary/aromatic N) is 1. The number of hydrogen-bond acceptors (Lipinski definition) is 5. The van der Waals surface area contributed by atoms with Crippen molar-refractivity contribution in [3.05, 3.63) is 0 Å². The van der Waals surface area contributed by atoms with Crippen LogP contribution in [0.15, 0.2) is 0 Å². The number of likely N-dealkylation sites (tertiary alicyclic amines) is 1. The van der Waals surface area contributed by atoms with Gasteiger partial charge in [0.15, 0.2) is 9.84 Å². The van der Waals surface area contributed by atoms with Gasteiger partial charge in [0, 0.05) is 24.7 Å². The molecule has 7 heteroatoms. The van der Waals surface area contributed by atoms with Crippen LogP contribution in [0.1, 0.15) is 26.2 Å². The Bertz CT molecular complexity index is 455. The standard InChI is InChI=1S/C13H25N3O3S/c1-13(14-2)4-6-16(7-5-13)9-12(17)15-11-3-8-20(18,19)10-11/h11,14H,3-10H2,1-2H3,(H,15,17). The zero-order valence-corrected chi connectivity index (χ0v) is 13.1. The van der Waals surface area contributed by atoms with Crippen LogP contribution in [0, 0.1) is 0 Å². The van der Waals surface area contributed by atoms with Crippen LogP contribution in [-0.2, 0) is 14.6 Å². The Balaban J connectivity index is 1.73. The first-order chi connectivity index (χ1) is 9.32. The van der Waals surface area contributed by atoms with E-state index in [1.165, 1.54) is 0 Å². The molecule has 0 aromatic carbocycles. The molecule has 0 spiro atoms. The summed E-state index contributed by atoms with van der Waals surface area (Å²) in [4.78, 5) is 14.1. The highest BCUT2D eigenvalue weighted by atomic mass is 32.2. The van der Waals surface area contributed by atoms with Gasteiger partial charge in [0.2, 0.25) is 5.91 Å². The van der Waals surface area contributed by atoms with Crippen molar-refractivity contribution in [2.45, 2.75) is 37.8 Å². The first kappa shape index (κ1) is 15.7. The van der Waals surface area contributed by atoms with Gasteiger partial charge in [-0.1, -0.05) is 0 Å². The second kappa shape index (κ2) is 5.99. The number of sulfone groups is 1. The summed E-state index contributed by atoms with van der Waals surface area (Å²) in [5, 5.41) is 6.17. The molecule has 0 saturated carbocycles. The highest BCUT2D eigenvalue weighted by Crippen LogP contribution is 2.20. The molecular formula is C13H25N3O3S. The van der Waals surface area contributed by atoms with Gasteiger partial charge in [0.05, 0.1) is 18.1 Å². The average Bonchev–Trinajstić information content (AvgIpc) is 2.72. The Hall–Kier alpha value is -0.660. The number of nitrogens with one attached hydrogen (secondary N) is 2. The molecule has 0 aliphatic carbocycles. The van der Waals surface area contributed by atoms with Gasteiger partial charge in [-0.2, -0.15) is 0 Å². The average molecular weight is 303 g/mol. The molecule has 1 amide bonds. The van der Waals surface area contributed by atoms with Gasteiger partial charge in [-0.15, -0.1) is 0 Å². The van der Waals surface area contributed by atoms with Crippen molar-refractivity contribution in [2.24, 2.45) is 0 Å². The van der Waals surface area contributed by atoms with E-state index in [0.29, 0.717) is 13.0 Å². The van der Waals surface area contributed by atoms with E-state index in [4.69, 9.17) is 0 Å². The quantitative estimate of drug-likeness (QED) is 0.722. The molecule has 0 aromatic rings. The molecule has 0 bridgehead atoms. The maximum absolute atomic E-state index is 11.9. The van der Waals surface area contributed by atoms with E-state index < -0.39 is 9.84 Å². The highest BCUT2D eigenvalue weighted by Gasteiger charge is 2.31. The lowest BCUT2D eigenvalue weighted by atomic mass is 9.90. The van der Waals surface area contributed by atoms with Crippen LogP contribution < -0.4 is 10.6 Å². The van der Waals surface area contributed by atoms with Crippen LogP contribution in [0.25, 0.3) is 0 Å². The molecule has 2 aliphatic heterocycles. The van der Waals surface area contributed by atoms with Crippen molar-refractivity contribution < 1.29 is 13.2 Å². The zero-order valence-electron chi connectivity index (χ0n) is 12.3. The second-order valence-corrected chi connectivity index (χ2v) is 8.48. The fourth-order valence-corrected chi connectivity index (χ4v) is 4.51. The van der Waals surface area contributed by atoms with Gasteiger partial charge >= 0.3 is 0 Å². The Morgan fingerprint density at radius 1 is 1.35 bits per heavy atom. The van der Waals surface area contributed by atoms with E-state index in [2.05, 4.69) is 22.5 Å². The van der Waals surface area contributed by atoms with Gasteiger partial charge in [-0.3, -0.25) is 9.69 Å². The normalized spacial score (nSPS) is 29.2. The highest BCUT2D eigenvalue weighted by molar-refractivity contribution is 7.91. The molecule has 2 N–H and O–H groups in total. The van der Waals surface area contributed by atoms with Crippen molar-refractivity contribution in [3.63, 3.8) is 0 Å². The van der Waals surface area contributed by atoms with E-state index >= 15 is 0 Å². The van der Waals surface area contributed by atoms with E-state index in [-0.39, 0.29) is 29.0 Å². The monoisotopic (exact) mass is 303 g/mol. The number of hydrogen-bond donors (Lipinski definition) is 2. The minimum atomic E-state index is -2.93. The number of carbonyl (C=O) groups excluding carboxylic acids is 1.